The number of rotatable bonds is 5. The van der Waals surface area contributed by atoms with Crippen LogP contribution < -0.4 is 5.48 Å². The first kappa shape index (κ1) is 16.4. The highest BCUT2D eigenvalue weighted by atomic mass is 19.1. The third-order valence-electron chi connectivity index (χ3n) is 5.22. The summed E-state index contributed by atoms with van der Waals surface area (Å²) in [5.74, 6) is -0.398. The number of hydrogen-bond acceptors (Lipinski definition) is 4. The highest BCUT2D eigenvalue weighted by Gasteiger charge is 2.37. The summed E-state index contributed by atoms with van der Waals surface area (Å²) < 4.78 is 19.5. The zero-order valence-electron chi connectivity index (χ0n) is 13.3. The Balaban J connectivity index is 0.00000156. The smallest absolute Gasteiger partial charge is 0.274 e. The van der Waals surface area contributed by atoms with Gasteiger partial charge in [0.2, 0.25) is 0 Å². The fraction of sp³-hybridized carbons (Fsp3) is 0.588. The second kappa shape index (κ2) is 6.95. The molecule has 6 heteroatoms. The molecule has 2 N–H and O–H groups in total. The molecule has 1 fully saturated rings. The fourth-order valence-electron chi connectivity index (χ4n) is 3.76. The predicted octanol–water partition coefficient (Wildman–Crippen LogP) is 2.61. The fourth-order valence-corrected chi connectivity index (χ4v) is 3.76. The van der Waals surface area contributed by atoms with Gasteiger partial charge in [-0.1, -0.05) is 0 Å². The maximum Gasteiger partial charge on any atom is 0.274 e. The minimum Gasteiger partial charge on any atom is -0.385 e. The molecule has 0 bridgehead atoms. The number of carbonyl (C=O) groups is 1. The van der Waals surface area contributed by atoms with E-state index in [-0.39, 0.29) is 14.2 Å². The summed E-state index contributed by atoms with van der Waals surface area (Å²) in [7, 11) is 1.72. The number of hydrogen-bond donors (Lipinski definition) is 2. The van der Waals surface area contributed by atoms with Crippen LogP contribution in [0.3, 0.4) is 0 Å². The van der Waals surface area contributed by atoms with Crippen molar-refractivity contribution in [2.24, 2.45) is 5.92 Å². The van der Waals surface area contributed by atoms with Gasteiger partial charge in [-0.15, -0.1) is 0 Å². The first-order valence-corrected chi connectivity index (χ1v) is 8.12. The van der Waals surface area contributed by atoms with Crippen molar-refractivity contribution < 1.29 is 22.0 Å². The highest BCUT2D eigenvalue weighted by molar-refractivity contribution is 5.93. The van der Waals surface area contributed by atoms with E-state index in [1.54, 1.807) is 18.7 Å². The number of amides is 1. The molecule has 0 spiro atoms. The van der Waals surface area contributed by atoms with Crippen LogP contribution in [0.5, 0.6) is 0 Å². The van der Waals surface area contributed by atoms with E-state index >= 15 is 0 Å². The second-order valence-electron chi connectivity index (χ2n) is 6.44. The van der Waals surface area contributed by atoms with Gasteiger partial charge < -0.3 is 4.74 Å². The van der Waals surface area contributed by atoms with Crippen molar-refractivity contribution in [3.05, 3.63) is 34.6 Å². The molecule has 3 rings (SSSR count). The average Bonchev–Trinajstić information content (AvgIpc) is 2.53. The third-order valence-corrected chi connectivity index (χ3v) is 5.22. The van der Waals surface area contributed by atoms with Gasteiger partial charge in [0.1, 0.15) is 5.82 Å². The largest absolute Gasteiger partial charge is 0.385 e. The molecular formula is C17H27FN2O3. The Morgan fingerprint density at radius 1 is 1.52 bits per heavy atom. The number of fused-ring (bicyclic) bond motifs is 1. The van der Waals surface area contributed by atoms with Crippen LogP contribution in [0.2, 0.25) is 0 Å². The molecular weight excluding hydrogens is 299 g/mol. The van der Waals surface area contributed by atoms with Gasteiger partial charge in [-0.25, -0.2) is 9.87 Å². The van der Waals surface area contributed by atoms with E-state index in [1.807, 2.05) is 0 Å². The van der Waals surface area contributed by atoms with Crippen LogP contribution in [-0.4, -0.2) is 42.3 Å². The first-order valence-electron chi connectivity index (χ1n) is 8.12. The molecule has 1 heterocycles. The molecule has 130 valence electrons. The Labute approximate surface area is 138 Å². The lowest BCUT2D eigenvalue weighted by molar-refractivity contribution is 0.0308. The van der Waals surface area contributed by atoms with Crippen LogP contribution in [0, 0.1) is 11.7 Å². The molecule has 1 aliphatic carbocycles. The standard InChI is InChI=1S/C17H23FN2O3.2H2/c1-23-7-5-11-2-3-16(11)20-6-4-12-8-13(17(21)19-22)9-15(18)14(12)10-20;;/h8-9,11,16,22H,2-7,10H2,1H3,(H,19,21);2*1H/t11?,16-;;/m0../s1. The van der Waals surface area contributed by atoms with Gasteiger partial charge >= 0.3 is 0 Å². The molecule has 0 saturated heterocycles. The summed E-state index contributed by atoms with van der Waals surface area (Å²) in [6.07, 6.45) is 4.17. The van der Waals surface area contributed by atoms with Crippen LogP contribution in [0.15, 0.2) is 12.1 Å². The molecule has 1 aliphatic heterocycles. The van der Waals surface area contributed by atoms with Crippen molar-refractivity contribution in [1.82, 2.24) is 10.4 Å². The van der Waals surface area contributed by atoms with Crippen molar-refractivity contribution in [1.29, 1.82) is 0 Å². The number of carbonyl (C=O) groups excluding carboxylic acids is 1. The zero-order valence-corrected chi connectivity index (χ0v) is 13.3. The lowest BCUT2D eigenvalue weighted by Gasteiger charge is -2.46. The molecule has 5 nitrogen and oxygen atoms in total. The summed E-state index contributed by atoms with van der Waals surface area (Å²) in [5, 5.41) is 8.70. The number of nitrogens with zero attached hydrogens (tertiary/aromatic N) is 1. The summed E-state index contributed by atoms with van der Waals surface area (Å²) in [4.78, 5) is 13.8. The lowest BCUT2D eigenvalue weighted by atomic mass is 9.75. The van der Waals surface area contributed by atoms with Crippen LogP contribution in [0.25, 0.3) is 0 Å². The monoisotopic (exact) mass is 326 g/mol. The van der Waals surface area contributed by atoms with Crippen LogP contribution in [-0.2, 0) is 17.7 Å². The van der Waals surface area contributed by atoms with Gasteiger partial charge in [-0.3, -0.25) is 14.9 Å². The van der Waals surface area contributed by atoms with E-state index in [9.17, 15) is 9.18 Å². The topological polar surface area (TPSA) is 61.8 Å². The van der Waals surface area contributed by atoms with E-state index in [0.717, 1.165) is 38.0 Å². The van der Waals surface area contributed by atoms with Gasteiger partial charge in [0.15, 0.2) is 0 Å². The molecule has 1 aromatic carbocycles. The first-order chi connectivity index (χ1) is 11.1. The Morgan fingerprint density at radius 2 is 2.35 bits per heavy atom. The third kappa shape index (κ3) is 3.24. The van der Waals surface area contributed by atoms with E-state index < -0.39 is 5.91 Å². The molecule has 1 saturated carbocycles. The minimum absolute atomic E-state index is 0. The SMILES string of the molecule is COCCC1CC[C@@H]1N1CCc2cc(C(=O)NO)cc(F)c2C1.[HH].[HH]. The molecule has 23 heavy (non-hydrogen) atoms. The zero-order chi connectivity index (χ0) is 16.4. The molecule has 1 unspecified atom stereocenters. The Hall–Kier alpha value is -1.50. The predicted molar refractivity (Wildman–Crippen MR) is 87.0 cm³/mol. The number of methoxy groups -OCH3 is 1. The van der Waals surface area contributed by atoms with Crippen LogP contribution in [0.4, 0.5) is 4.39 Å². The minimum atomic E-state index is -0.673. The lowest BCUT2D eigenvalue weighted by Crippen LogP contribution is -2.49. The molecule has 0 radical (unpaired) electrons. The van der Waals surface area contributed by atoms with Crippen molar-refractivity contribution in [3.8, 4) is 0 Å². The number of nitrogens with one attached hydrogen (secondary N) is 1. The van der Waals surface area contributed by atoms with Gasteiger partial charge in [-0.2, -0.15) is 0 Å². The molecule has 1 amide bonds. The Kier molecular flexibility index (Phi) is 4.94. The van der Waals surface area contributed by atoms with Gasteiger partial charge in [0, 0.05) is 46.8 Å². The average molecular weight is 326 g/mol. The molecule has 2 aliphatic rings. The van der Waals surface area contributed by atoms with E-state index in [0.29, 0.717) is 24.1 Å². The number of ether oxygens (including phenoxy) is 1. The maximum absolute atomic E-state index is 14.4. The Morgan fingerprint density at radius 3 is 3.00 bits per heavy atom. The van der Waals surface area contributed by atoms with Crippen molar-refractivity contribution >= 4 is 5.91 Å². The second-order valence-corrected chi connectivity index (χ2v) is 6.44. The summed E-state index contributed by atoms with van der Waals surface area (Å²) in [6.45, 7) is 2.25. The maximum atomic E-state index is 14.4. The summed E-state index contributed by atoms with van der Waals surface area (Å²) in [5.41, 5.74) is 3.28. The van der Waals surface area contributed by atoms with E-state index in [4.69, 9.17) is 9.94 Å². The van der Waals surface area contributed by atoms with E-state index in [2.05, 4.69) is 4.90 Å². The van der Waals surface area contributed by atoms with Gasteiger partial charge in [0.25, 0.3) is 5.91 Å². The highest BCUT2D eigenvalue weighted by Crippen LogP contribution is 2.37. The molecule has 2 atom stereocenters. The normalized spacial score (nSPS) is 24.0. The molecule has 1 aromatic rings. The number of hydroxylamine groups is 1. The number of benzene rings is 1. The van der Waals surface area contributed by atoms with Gasteiger partial charge in [0.05, 0.1) is 0 Å². The number of halogens is 1. The van der Waals surface area contributed by atoms with Crippen LogP contribution >= 0.6 is 0 Å². The molecule has 0 aromatic heterocycles. The van der Waals surface area contributed by atoms with Crippen LogP contribution in [0.1, 0.15) is 43.6 Å². The van der Waals surface area contributed by atoms with Gasteiger partial charge in [-0.05, 0) is 49.3 Å². The van der Waals surface area contributed by atoms with Crippen molar-refractivity contribution in [2.45, 2.75) is 38.3 Å². The van der Waals surface area contributed by atoms with E-state index in [1.165, 1.54) is 12.5 Å². The summed E-state index contributed by atoms with van der Waals surface area (Å²) in [6, 6.07) is 3.40. The van der Waals surface area contributed by atoms with Crippen molar-refractivity contribution in [2.75, 3.05) is 20.3 Å². The quantitative estimate of drug-likeness (QED) is 0.645. The van der Waals surface area contributed by atoms with Crippen molar-refractivity contribution in [3.63, 3.8) is 0 Å². The Bertz CT molecular complexity index is 604. The summed E-state index contributed by atoms with van der Waals surface area (Å²) >= 11 is 0.